The van der Waals surface area contributed by atoms with Crippen molar-refractivity contribution in [1.29, 1.82) is 0 Å². The van der Waals surface area contributed by atoms with Gasteiger partial charge >= 0.3 is 0 Å². The van der Waals surface area contributed by atoms with Crippen molar-refractivity contribution in [3.05, 3.63) is 30.1 Å². The van der Waals surface area contributed by atoms with Crippen LogP contribution >= 0.6 is 11.6 Å². The lowest BCUT2D eigenvalue weighted by atomic mass is 10.3. The number of halogens is 2. The molecule has 2 rings (SSSR count). The van der Waals surface area contributed by atoms with Gasteiger partial charge in [0, 0.05) is 13.0 Å². The van der Waals surface area contributed by atoms with Crippen molar-refractivity contribution in [2.24, 2.45) is 5.10 Å². The van der Waals surface area contributed by atoms with Crippen LogP contribution in [0.25, 0.3) is 0 Å². The van der Waals surface area contributed by atoms with Crippen molar-refractivity contribution in [2.45, 2.75) is 6.42 Å². The molecule has 2 nitrogen and oxygen atoms in total. The van der Waals surface area contributed by atoms with Gasteiger partial charge in [-0.25, -0.2) is 4.39 Å². The highest BCUT2D eigenvalue weighted by molar-refractivity contribution is 6.65. The first-order valence-corrected chi connectivity index (χ1v) is 4.39. The molecule has 0 saturated carbocycles. The average molecular weight is 199 g/mol. The zero-order chi connectivity index (χ0) is 9.26. The summed E-state index contributed by atoms with van der Waals surface area (Å²) in [6.07, 6.45) is 0.734. The maximum atomic E-state index is 12.8. The molecule has 0 amide bonds. The molecule has 13 heavy (non-hydrogen) atoms. The number of benzene rings is 1. The molecule has 68 valence electrons. The van der Waals surface area contributed by atoms with E-state index in [0.717, 1.165) is 18.7 Å². The van der Waals surface area contributed by atoms with Crippen LogP contribution in [0.4, 0.5) is 10.1 Å². The van der Waals surface area contributed by atoms with Gasteiger partial charge in [-0.2, -0.15) is 5.10 Å². The molecule has 1 aromatic rings. The average Bonchev–Trinajstić information content (AvgIpc) is 2.52. The summed E-state index contributed by atoms with van der Waals surface area (Å²) < 4.78 is 12.8. The molecule has 0 aromatic heterocycles. The predicted octanol–water partition coefficient (Wildman–Crippen LogP) is 2.59. The van der Waals surface area contributed by atoms with Crippen LogP contribution in [0.5, 0.6) is 0 Å². The van der Waals surface area contributed by atoms with Crippen LogP contribution in [0, 0.1) is 5.82 Å². The normalized spacial score (nSPS) is 16.2. The summed E-state index contributed by atoms with van der Waals surface area (Å²) in [5.74, 6) is -0.254. The molecule has 0 aliphatic carbocycles. The smallest absolute Gasteiger partial charge is 0.128 e. The Morgan fingerprint density at radius 1 is 1.46 bits per heavy atom. The number of hydrazone groups is 1. The number of hydrogen-bond acceptors (Lipinski definition) is 2. The fourth-order valence-corrected chi connectivity index (χ4v) is 1.43. The lowest BCUT2D eigenvalue weighted by Gasteiger charge is -2.12. The predicted molar refractivity (Wildman–Crippen MR) is 51.7 cm³/mol. The van der Waals surface area contributed by atoms with Crippen molar-refractivity contribution in [3.8, 4) is 0 Å². The lowest BCUT2D eigenvalue weighted by Crippen LogP contribution is -2.11. The summed E-state index contributed by atoms with van der Waals surface area (Å²) in [5.41, 5.74) is 0.746. The van der Waals surface area contributed by atoms with Crippen molar-refractivity contribution < 1.29 is 4.39 Å². The van der Waals surface area contributed by atoms with Crippen LogP contribution in [0.1, 0.15) is 6.42 Å². The minimum atomic E-state index is -0.254. The molecule has 1 aliphatic rings. The van der Waals surface area contributed by atoms with Gasteiger partial charge in [-0.05, 0) is 18.2 Å². The first kappa shape index (κ1) is 8.51. The molecule has 0 bridgehead atoms. The van der Waals surface area contributed by atoms with E-state index >= 15 is 0 Å². The lowest BCUT2D eigenvalue weighted by molar-refractivity contribution is 0.627. The highest BCUT2D eigenvalue weighted by Gasteiger charge is 2.13. The van der Waals surface area contributed by atoms with E-state index in [1.807, 2.05) is 6.07 Å². The molecule has 0 N–H and O–H groups in total. The largest absolute Gasteiger partial charge is 0.264 e. The molecule has 1 aliphatic heterocycles. The number of anilines is 1. The maximum absolute atomic E-state index is 12.8. The third-order valence-electron chi connectivity index (χ3n) is 1.87. The van der Waals surface area contributed by atoms with Gasteiger partial charge in [-0.1, -0.05) is 17.7 Å². The Morgan fingerprint density at radius 2 is 2.31 bits per heavy atom. The molecule has 0 unspecified atom stereocenters. The van der Waals surface area contributed by atoms with E-state index in [0.29, 0.717) is 5.17 Å². The summed E-state index contributed by atoms with van der Waals surface area (Å²) >= 11 is 5.71. The topological polar surface area (TPSA) is 15.6 Å². The quantitative estimate of drug-likeness (QED) is 0.677. The first-order chi connectivity index (χ1) is 6.25. The van der Waals surface area contributed by atoms with E-state index in [9.17, 15) is 4.39 Å². The summed E-state index contributed by atoms with van der Waals surface area (Å²) in [5, 5.41) is 6.32. The van der Waals surface area contributed by atoms with Crippen molar-refractivity contribution in [3.63, 3.8) is 0 Å². The summed E-state index contributed by atoms with van der Waals surface area (Å²) in [7, 11) is 0. The molecule has 1 heterocycles. The SMILES string of the molecule is Fc1cccc(N2CCC(Cl)=N2)c1. The van der Waals surface area contributed by atoms with Crippen molar-refractivity contribution in [1.82, 2.24) is 0 Å². The highest BCUT2D eigenvalue weighted by atomic mass is 35.5. The number of hydrogen-bond donors (Lipinski definition) is 0. The number of nitrogens with zero attached hydrogens (tertiary/aromatic N) is 2. The van der Waals surface area contributed by atoms with E-state index in [4.69, 9.17) is 11.6 Å². The Hall–Kier alpha value is -1.09. The van der Waals surface area contributed by atoms with Crippen LogP contribution < -0.4 is 5.01 Å². The monoisotopic (exact) mass is 198 g/mol. The summed E-state index contributed by atoms with van der Waals surface area (Å²) in [6, 6.07) is 6.32. The van der Waals surface area contributed by atoms with E-state index in [1.165, 1.54) is 12.1 Å². The minimum absolute atomic E-state index is 0.254. The van der Waals surface area contributed by atoms with Crippen LogP contribution in [-0.4, -0.2) is 11.7 Å². The molecule has 0 spiro atoms. The van der Waals surface area contributed by atoms with Gasteiger partial charge in [0.2, 0.25) is 0 Å². The standard InChI is InChI=1S/C9H8ClFN2/c10-9-4-5-13(12-9)8-3-1-2-7(11)6-8/h1-3,6H,4-5H2. The molecular weight excluding hydrogens is 191 g/mol. The van der Waals surface area contributed by atoms with Gasteiger partial charge in [0.1, 0.15) is 11.0 Å². The van der Waals surface area contributed by atoms with Crippen molar-refractivity contribution >= 4 is 22.5 Å². The molecule has 0 fully saturated rings. The van der Waals surface area contributed by atoms with E-state index in [1.54, 1.807) is 11.1 Å². The molecule has 1 aromatic carbocycles. The Kier molecular flexibility index (Phi) is 2.19. The third kappa shape index (κ3) is 1.80. The number of rotatable bonds is 1. The summed E-state index contributed by atoms with van der Waals surface area (Å²) in [4.78, 5) is 0. The molecule has 4 heteroatoms. The van der Waals surface area contributed by atoms with Crippen LogP contribution in [-0.2, 0) is 0 Å². The molecule has 0 saturated heterocycles. The Labute approximate surface area is 80.6 Å². The van der Waals surface area contributed by atoms with Crippen molar-refractivity contribution in [2.75, 3.05) is 11.6 Å². The van der Waals surface area contributed by atoms with Gasteiger partial charge in [0.05, 0.1) is 5.69 Å². The Morgan fingerprint density at radius 3 is 2.92 bits per heavy atom. The Bertz CT molecular complexity index is 351. The zero-order valence-electron chi connectivity index (χ0n) is 6.87. The second-order valence-corrected chi connectivity index (χ2v) is 3.27. The molecule has 0 atom stereocenters. The van der Waals surface area contributed by atoms with E-state index in [-0.39, 0.29) is 5.82 Å². The van der Waals surface area contributed by atoms with Gasteiger partial charge in [-0.15, -0.1) is 0 Å². The second kappa shape index (κ2) is 3.34. The second-order valence-electron chi connectivity index (χ2n) is 2.83. The molecular formula is C9H8ClFN2. The van der Waals surface area contributed by atoms with E-state index in [2.05, 4.69) is 5.10 Å². The Balaban J connectivity index is 2.26. The van der Waals surface area contributed by atoms with E-state index < -0.39 is 0 Å². The first-order valence-electron chi connectivity index (χ1n) is 4.02. The van der Waals surface area contributed by atoms with Gasteiger partial charge < -0.3 is 0 Å². The maximum Gasteiger partial charge on any atom is 0.128 e. The van der Waals surface area contributed by atoms with Gasteiger partial charge in [0.15, 0.2) is 0 Å². The van der Waals surface area contributed by atoms with Crippen LogP contribution in [0.3, 0.4) is 0 Å². The van der Waals surface area contributed by atoms with Gasteiger partial charge in [-0.3, -0.25) is 5.01 Å². The minimum Gasteiger partial charge on any atom is -0.264 e. The fraction of sp³-hybridized carbons (Fsp3) is 0.222. The molecule has 0 radical (unpaired) electrons. The zero-order valence-corrected chi connectivity index (χ0v) is 7.63. The summed E-state index contributed by atoms with van der Waals surface area (Å²) in [6.45, 7) is 0.724. The van der Waals surface area contributed by atoms with Gasteiger partial charge in [0.25, 0.3) is 0 Å². The highest BCUT2D eigenvalue weighted by Crippen LogP contribution is 2.20. The van der Waals surface area contributed by atoms with Crippen LogP contribution in [0.2, 0.25) is 0 Å². The fourth-order valence-electron chi connectivity index (χ4n) is 1.25. The third-order valence-corrected chi connectivity index (χ3v) is 2.13. The van der Waals surface area contributed by atoms with Crippen LogP contribution in [0.15, 0.2) is 29.4 Å².